The van der Waals surface area contributed by atoms with Crippen LogP contribution in [0.25, 0.3) is 11.1 Å². The van der Waals surface area contributed by atoms with E-state index in [-0.39, 0.29) is 11.4 Å². The average molecular weight is 370 g/mol. The average Bonchev–Trinajstić information content (AvgIpc) is 3.04. The largest absolute Gasteiger partial charge is 0.442 e. The summed E-state index contributed by atoms with van der Waals surface area (Å²) in [5, 5.41) is 11.1. The summed E-state index contributed by atoms with van der Waals surface area (Å²) in [4.78, 5) is 21.5. The van der Waals surface area contributed by atoms with Crippen molar-refractivity contribution in [2.45, 2.75) is 38.8 Å². The highest BCUT2D eigenvalue weighted by Gasteiger charge is 2.38. The Bertz CT molecular complexity index is 988. The Morgan fingerprint density at radius 3 is 2.96 bits per heavy atom. The fourth-order valence-electron chi connectivity index (χ4n) is 2.94. The van der Waals surface area contributed by atoms with Gasteiger partial charge in [0.1, 0.15) is 17.9 Å². The number of rotatable bonds is 7. The topological polar surface area (TPSA) is 107 Å². The van der Waals surface area contributed by atoms with E-state index in [1.165, 1.54) is 6.33 Å². The molecule has 27 heavy (non-hydrogen) atoms. The summed E-state index contributed by atoms with van der Waals surface area (Å²) in [6, 6.07) is 0. The van der Waals surface area contributed by atoms with Crippen LogP contribution in [-0.4, -0.2) is 44.9 Å². The number of hydrogen-bond donors (Lipinski definition) is 2. The van der Waals surface area contributed by atoms with Crippen molar-refractivity contribution < 1.29 is 13.9 Å². The van der Waals surface area contributed by atoms with E-state index in [9.17, 15) is 4.79 Å². The quantitative estimate of drug-likeness (QED) is 0.658. The van der Waals surface area contributed by atoms with Gasteiger partial charge in [-0.25, -0.2) is 9.97 Å². The van der Waals surface area contributed by atoms with E-state index in [1.54, 1.807) is 31.1 Å². The van der Waals surface area contributed by atoms with Crippen molar-refractivity contribution >= 4 is 28.5 Å². The van der Waals surface area contributed by atoms with Gasteiger partial charge in [0.25, 0.3) is 5.91 Å². The van der Waals surface area contributed by atoms with Crippen LogP contribution in [0.4, 0.5) is 11.5 Å². The van der Waals surface area contributed by atoms with Crippen LogP contribution < -0.4 is 10.6 Å². The normalized spacial score (nSPS) is 15.1. The molecular weight excluding hydrogens is 348 g/mol. The molecule has 1 aliphatic carbocycles. The summed E-state index contributed by atoms with van der Waals surface area (Å²) in [6.07, 6.45) is 6.94. The predicted molar refractivity (Wildman–Crippen MR) is 99.9 cm³/mol. The predicted octanol–water partition coefficient (Wildman–Crippen LogP) is 2.59. The lowest BCUT2D eigenvalue weighted by Crippen LogP contribution is -2.18. The minimum atomic E-state index is -0.281. The number of carbonyl (C=O) groups is 1. The van der Waals surface area contributed by atoms with Crippen LogP contribution in [0, 0.1) is 6.92 Å². The molecule has 3 aromatic rings. The molecule has 9 nitrogen and oxygen atoms in total. The van der Waals surface area contributed by atoms with E-state index >= 15 is 0 Å². The molecule has 0 saturated heterocycles. The first-order chi connectivity index (χ1) is 13.0. The first kappa shape index (κ1) is 17.5. The van der Waals surface area contributed by atoms with Crippen molar-refractivity contribution in [2.24, 2.45) is 0 Å². The number of carbonyl (C=O) groups excluding carboxylic acids is 1. The second-order valence-electron chi connectivity index (χ2n) is 7.06. The minimum absolute atomic E-state index is 0.0166. The van der Waals surface area contributed by atoms with Crippen LogP contribution in [0.1, 0.15) is 35.9 Å². The van der Waals surface area contributed by atoms with E-state index in [2.05, 4.69) is 32.6 Å². The summed E-state index contributed by atoms with van der Waals surface area (Å²) in [5.41, 5.74) is 1.45. The van der Waals surface area contributed by atoms with Gasteiger partial charge in [-0.3, -0.25) is 9.48 Å². The fourth-order valence-corrected chi connectivity index (χ4v) is 2.94. The fraction of sp³-hybridized carbons (Fsp3) is 0.444. The van der Waals surface area contributed by atoms with Crippen molar-refractivity contribution in [1.82, 2.24) is 19.7 Å². The molecule has 0 unspecified atom stereocenters. The highest BCUT2D eigenvalue weighted by molar-refractivity contribution is 6.15. The molecule has 0 atom stereocenters. The van der Waals surface area contributed by atoms with Gasteiger partial charge in [0, 0.05) is 18.8 Å². The van der Waals surface area contributed by atoms with E-state index < -0.39 is 0 Å². The van der Waals surface area contributed by atoms with Crippen LogP contribution >= 0.6 is 0 Å². The second-order valence-corrected chi connectivity index (χ2v) is 7.06. The number of methoxy groups -OCH3 is 1. The van der Waals surface area contributed by atoms with Gasteiger partial charge in [-0.1, -0.05) is 0 Å². The van der Waals surface area contributed by atoms with Gasteiger partial charge in [0.2, 0.25) is 5.71 Å². The number of aromatic nitrogens is 4. The van der Waals surface area contributed by atoms with E-state index in [1.807, 2.05) is 0 Å². The molecule has 1 fully saturated rings. The lowest BCUT2D eigenvalue weighted by Gasteiger charge is -2.13. The van der Waals surface area contributed by atoms with Crippen molar-refractivity contribution in [3.8, 4) is 0 Å². The standard InChI is InChI=1S/C18H22N6O3/c1-11-13(16(25)22-12-8-21-24(9-12)6-7-26-3)14-15(23-18(2)4-5-18)19-10-20-17(14)27-11/h8-10H,4-7H2,1-3H3,(H,22,25)(H,19,20,23). The maximum atomic E-state index is 13.0. The van der Waals surface area contributed by atoms with Crippen molar-refractivity contribution in [3.05, 3.63) is 30.0 Å². The first-order valence-corrected chi connectivity index (χ1v) is 8.84. The Labute approximate surface area is 156 Å². The van der Waals surface area contributed by atoms with Gasteiger partial charge in [-0.05, 0) is 26.7 Å². The SMILES string of the molecule is COCCn1cc(NC(=O)c2c(C)oc3ncnc(NC4(C)CC4)c23)cn1. The van der Waals surface area contributed by atoms with Gasteiger partial charge < -0.3 is 19.8 Å². The smallest absolute Gasteiger partial charge is 0.260 e. The minimum Gasteiger partial charge on any atom is -0.442 e. The molecule has 3 heterocycles. The lowest BCUT2D eigenvalue weighted by atomic mass is 10.1. The number of ether oxygens (including phenoxy) is 1. The van der Waals surface area contributed by atoms with Crippen molar-refractivity contribution in [3.63, 3.8) is 0 Å². The summed E-state index contributed by atoms with van der Waals surface area (Å²) in [5.74, 6) is 0.841. The van der Waals surface area contributed by atoms with Gasteiger partial charge in [0.15, 0.2) is 0 Å². The Balaban J connectivity index is 1.63. The van der Waals surface area contributed by atoms with E-state index in [0.29, 0.717) is 47.1 Å². The molecule has 0 aliphatic heterocycles. The van der Waals surface area contributed by atoms with Crippen molar-refractivity contribution in [2.75, 3.05) is 24.4 Å². The first-order valence-electron chi connectivity index (χ1n) is 8.84. The summed E-state index contributed by atoms with van der Waals surface area (Å²) >= 11 is 0. The lowest BCUT2D eigenvalue weighted by molar-refractivity contribution is 0.102. The number of furan rings is 1. The molecule has 0 bridgehead atoms. The number of nitrogens with one attached hydrogen (secondary N) is 2. The molecular formula is C18H22N6O3. The number of fused-ring (bicyclic) bond motifs is 1. The summed E-state index contributed by atoms with van der Waals surface area (Å²) < 4.78 is 12.4. The van der Waals surface area contributed by atoms with E-state index in [4.69, 9.17) is 9.15 Å². The van der Waals surface area contributed by atoms with Gasteiger partial charge in [-0.2, -0.15) is 5.10 Å². The molecule has 3 aromatic heterocycles. The van der Waals surface area contributed by atoms with Crippen molar-refractivity contribution in [1.29, 1.82) is 0 Å². The molecule has 2 N–H and O–H groups in total. The Kier molecular flexibility index (Phi) is 4.31. The number of nitrogens with zero attached hydrogens (tertiary/aromatic N) is 4. The summed E-state index contributed by atoms with van der Waals surface area (Å²) in [6.45, 7) is 5.04. The third-order valence-corrected chi connectivity index (χ3v) is 4.73. The zero-order valence-electron chi connectivity index (χ0n) is 15.6. The Morgan fingerprint density at radius 1 is 1.41 bits per heavy atom. The Morgan fingerprint density at radius 2 is 2.22 bits per heavy atom. The van der Waals surface area contributed by atoms with Gasteiger partial charge in [0.05, 0.1) is 36.0 Å². The van der Waals surface area contributed by atoms with E-state index in [0.717, 1.165) is 12.8 Å². The van der Waals surface area contributed by atoms with Crippen LogP contribution in [0.5, 0.6) is 0 Å². The zero-order valence-corrected chi connectivity index (χ0v) is 15.6. The molecule has 1 amide bonds. The second kappa shape index (κ2) is 6.66. The molecule has 0 aromatic carbocycles. The maximum Gasteiger partial charge on any atom is 0.260 e. The molecule has 4 rings (SSSR count). The third-order valence-electron chi connectivity index (χ3n) is 4.73. The molecule has 1 saturated carbocycles. The highest BCUT2D eigenvalue weighted by atomic mass is 16.5. The number of anilines is 2. The molecule has 0 spiro atoms. The van der Waals surface area contributed by atoms with Crippen LogP contribution in [0.15, 0.2) is 23.1 Å². The van der Waals surface area contributed by atoms with Crippen LogP contribution in [0.2, 0.25) is 0 Å². The number of amides is 1. The molecule has 142 valence electrons. The molecule has 9 heteroatoms. The zero-order chi connectivity index (χ0) is 19.0. The van der Waals surface area contributed by atoms with Crippen LogP contribution in [0.3, 0.4) is 0 Å². The third kappa shape index (κ3) is 3.50. The van der Waals surface area contributed by atoms with Crippen LogP contribution in [-0.2, 0) is 11.3 Å². The maximum absolute atomic E-state index is 13.0. The molecule has 1 aliphatic rings. The highest BCUT2D eigenvalue weighted by Crippen LogP contribution is 2.40. The van der Waals surface area contributed by atoms with Gasteiger partial charge >= 0.3 is 0 Å². The monoisotopic (exact) mass is 370 g/mol. The summed E-state index contributed by atoms with van der Waals surface area (Å²) in [7, 11) is 1.63. The van der Waals surface area contributed by atoms with Gasteiger partial charge in [-0.15, -0.1) is 0 Å². The number of hydrogen-bond acceptors (Lipinski definition) is 7. The Hall–Kier alpha value is -2.94. The number of aryl methyl sites for hydroxylation is 1. The molecule has 0 radical (unpaired) electrons.